The first kappa shape index (κ1) is 10.1. The molecule has 1 saturated carbocycles. The molecule has 2 unspecified atom stereocenters. The standard InChI is InChI=1S/C12H23N3/c1-2-6-12-11(5-1)13-7-10-15(12)14-8-3-4-9-14/h11-13H,1-10H2. The number of piperazine rings is 1. The first-order chi connectivity index (χ1) is 7.45. The molecule has 2 heterocycles. The molecule has 3 aliphatic rings. The second-order valence-electron chi connectivity index (χ2n) is 5.24. The second-order valence-corrected chi connectivity index (χ2v) is 5.24. The van der Waals surface area contributed by atoms with Crippen molar-refractivity contribution in [3.05, 3.63) is 0 Å². The molecule has 0 amide bonds. The van der Waals surface area contributed by atoms with Crippen molar-refractivity contribution in [1.82, 2.24) is 15.3 Å². The Balaban J connectivity index is 1.69. The molecule has 1 aliphatic carbocycles. The molecule has 2 saturated heterocycles. The Morgan fingerprint density at radius 3 is 2.53 bits per heavy atom. The molecule has 2 aliphatic heterocycles. The minimum atomic E-state index is 0.785. The Labute approximate surface area is 92.8 Å². The van der Waals surface area contributed by atoms with Crippen molar-refractivity contribution in [1.29, 1.82) is 0 Å². The molecule has 3 rings (SSSR count). The van der Waals surface area contributed by atoms with E-state index in [9.17, 15) is 0 Å². The molecule has 86 valence electrons. The van der Waals surface area contributed by atoms with Crippen molar-refractivity contribution in [2.75, 3.05) is 26.2 Å². The van der Waals surface area contributed by atoms with Gasteiger partial charge < -0.3 is 5.32 Å². The minimum Gasteiger partial charge on any atom is -0.311 e. The highest BCUT2D eigenvalue weighted by Gasteiger charge is 2.36. The predicted molar refractivity (Wildman–Crippen MR) is 61.6 cm³/mol. The van der Waals surface area contributed by atoms with E-state index < -0.39 is 0 Å². The number of hydrazine groups is 1. The number of hydrogen-bond acceptors (Lipinski definition) is 3. The van der Waals surface area contributed by atoms with Crippen LogP contribution < -0.4 is 5.32 Å². The van der Waals surface area contributed by atoms with Gasteiger partial charge in [-0.1, -0.05) is 12.8 Å². The Hall–Kier alpha value is -0.120. The van der Waals surface area contributed by atoms with Gasteiger partial charge in [0, 0.05) is 38.3 Å². The van der Waals surface area contributed by atoms with Gasteiger partial charge in [-0.3, -0.25) is 0 Å². The summed E-state index contributed by atoms with van der Waals surface area (Å²) in [7, 11) is 0. The fourth-order valence-corrected chi connectivity index (χ4v) is 3.54. The van der Waals surface area contributed by atoms with Crippen LogP contribution in [0.1, 0.15) is 38.5 Å². The van der Waals surface area contributed by atoms with E-state index in [0.717, 1.165) is 12.1 Å². The zero-order valence-electron chi connectivity index (χ0n) is 9.62. The van der Waals surface area contributed by atoms with Crippen molar-refractivity contribution in [2.24, 2.45) is 0 Å². The zero-order chi connectivity index (χ0) is 10.1. The van der Waals surface area contributed by atoms with E-state index >= 15 is 0 Å². The highest BCUT2D eigenvalue weighted by atomic mass is 15.6. The lowest BCUT2D eigenvalue weighted by molar-refractivity contribution is -0.0810. The predicted octanol–water partition coefficient (Wildman–Crippen LogP) is 1.21. The smallest absolute Gasteiger partial charge is 0.0399 e. The number of fused-ring (bicyclic) bond motifs is 1. The molecule has 3 fully saturated rings. The van der Waals surface area contributed by atoms with Crippen LogP contribution in [0.2, 0.25) is 0 Å². The van der Waals surface area contributed by atoms with Gasteiger partial charge in [0.15, 0.2) is 0 Å². The van der Waals surface area contributed by atoms with Crippen molar-refractivity contribution in [3.63, 3.8) is 0 Å². The van der Waals surface area contributed by atoms with Gasteiger partial charge >= 0.3 is 0 Å². The molecular weight excluding hydrogens is 186 g/mol. The molecule has 2 atom stereocenters. The fraction of sp³-hybridized carbons (Fsp3) is 1.00. The number of nitrogens with one attached hydrogen (secondary N) is 1. The topological polar surface area (TPSA) is 18.5 Å². The van der Waals surface area contributed by atoms with E-state index in [1.165, 1.54) is 64.7 Å². The molecule has 0 bridgehead atoms. The van der Waals surface area contributed by atoms with Crippen LogP contribution in [0.15, 0.2) is 0 Å². The Morgan fingerprint density at radius 1 is 0.867 bits per heavy atom. The van der Waals surface area contributed by atoms with E-state index in [0.29, 0.717) is 0 Å². The minimum absolute atomic E-state index is 0.785. The van der Waals surface area contributed by atoms with Crippen LogP contribution in [-0.2, 0) is 0 Å². The van der Waals surface area contributed by atoms with Gasteiger partial charge in [-0.2, -0.15) is 0 Å². The summed E-state index contributed by atoms with van der Waals surface area (Å²) in [5.41, 5.74) is 0. The fourth-order valence-electron chi connectivity index (χ4n) is 3.54. The van der Waals surface area contributed by atoms with Gasteiger partial charge in [-0.25, -0.2) is 10.0 Å². The normalized spacial score (nSPS) is 39.2. The van der Waals surface area contributed by atoms with E-state index in [-0.39, 0.29) is 0 Å². The van der Waals surface area contributed by atoms with Crippen LogP contribution in [0.3, 0.4) is 0 Å². The monoisotopic (exact) mass is 209 g/mol. The van der Waals surface area contributed by atoms with E-state index in [2.05, 4.69) is 15.3 Å². The van der Waals surface area contributed by atoms with Crippen molar-refractivity contribution >= 4 is 0 Å². The van der Waals surface area contributed by atoms with Crippen LogP contribution in [0.5, 0.6) is 0 Å². The summed E-state index contributed by atoms with van der Waals surface area (Å²) < 4.78 is 0. The maximum absolute atomic E-state index is 3.71. The summed E-state index contributed by atoms with van der Waals surface area (Å²) in [6, 6.07) is 1.60. The lowest BCUT2D eigenvalue weighted by atomic mass is 9.88. The number of rotatable bonds is 1. The third-order valence-electron chi connectivity index (χ3n) is 4.31. The van der Waals surface area contributed by atoms with Gasteiger partial charge in [0.1, 0.15) is 0 Å². The third-order valence-corrected chi connectivity index (χ3v) is 4.31. The van der Waals surface area contributed by atoms with Gasteiger partial charge in [-0.15, -0.1) is 0 Å². The largest absolute Gasteiger partial charge is 0.311 e. The van der Waals surface area contributed by atoms with E-state index in [1.54, 1.807) is 0 Å². The first-order valence-corrected chi connectivity index (χ1v) is 6.70. The van der Waals surface area contributed by atoms with Crippen LogP contribution >= 0.6 is 0 Å². The van der Waals surface area contributed by atoms with Crippen molar-refractivity contribution in [3.8, 4) is 0 Å². The summed E-state index contributed by atoms with van der Waals surface area (Å²) >= 11 is 0. The summed E-state index contributed by atoms with van der Waals surface area (Å²) in [6.45, 7) is 5.05. The molecule has 0 spiro atoms. The molecule has 15 heavy (non-hydrogen) atoms. The Bertz CT molecular complexity index is 211. The number of nitrogens with zero attached hydrogens (tertiary/aromatic N) is 2. The van der Waals surface area contributed by atoms with Crippen LogP contribution in [0, 0.1) is 0 Å². The maximum atomic E-state index is 3.71. The lowest BCUT2D eigenvalue weighted by Crippen LogP contribution is -2.63. The lowest BCUT2D eigenvalue weighted by Gasteiger charge is -2.48. The summed E-state index contributed by atoms with van der Waals surface area (Å²) in [5, 5.41) is 9.04. The Kier molecular flexibility index (Phi) is 2.95. The van der Waals surface area contributed by atoms with Gasteiger partial charge in [-0.05, 0) is 25.7 Å². The average molecular weight is 209 g/mol. The van der Waals surface area contributed by atoms with Gasteiger partial charge in [0.05, 0.1) is 0 Å². The SMILES string of the molecule is C1CCC2C(C1)NCCN2N1CCCC1. The van der Waals surface area contributed by atoms with Crippen molar-refractivity contribution < 1.29 is 0 Å². The molecule has 0 radical (unpaired) electrons. The summed E-state index contributed by atoms with van der Waals surface area (Å²) in [6.07, 6.45) is 8.49. The maximum Gasteiger partial charge on any atom is 0.0399 e. The molecule has 0 aromatic rings. The molecule has 0 aromatic heterocycles. The second kappa shape index (κ2) is 4.40. The van der Waals surface area contributed by atoms with Crippen molar-refractivity contribution in [2.45, 2.75) is 50.6 Å². The zero-order valence-corrected chi connectivity index (χ0v) is 9.62. The Morgan fingerprint density at radius 2 is 1.67 bits per heavy atom. The van der Waals surface area contributed by atoms with Crippen LogP contribution in [-0.4, -0.2) is 48.3 Å². The molecule has 0 aromatic carbocycles. The highest BCUT2D eigenvalue weighted by Crippen LogP contribution is 2.27. The molecule has 1 N–H and O–H groups in total. The van der Waals surface area contributed by atoms with E-state index in [1.807, 2.05) is 0 Å². The highest BCUT2D eigenvalue weighted by molar-refractivity contribution is 4.91. The summed E-state index contributed by atoms with van der Waals surface area (Å²) in [4.78, 5) is 0. The average Bonchev–Trinajstić information content (AvgIpc) is 2.82. The first-order valence-electron chi connectivity index (χ1n) is 6.70. The number of hydrogen-bond donors (Lipinski definition) is 1. The van der Waals surface area contributed by atoms with Gasteiger partial charge in [0.2, 0.25) is 0 Å². The molecular formula is C12H23N3. The van der Waals surface area contributed by atoms with Gasteiger partial charge in [0.25, 0.3) is 0 Å². The third kappa shape index (κ3) is 1.93. The quantitative estimate of drug-likeness (QED) is 0.700. The van der Waals surface area contributed by atoms with Crippen LogP contribution in [0.25, 0.3) is 0 Å². The van der Waals surface area contributed by atoms with E-state index in [4.69, 9.17) is 0 Å². The molecule has 3 heteroatoms. The molecule has 3 nitrogen and oxygen atoms in total. The summed E-state index contributed by atoms with van der Waals surface area (Å²) in [5.74, 6) is 0. The van der Waals surface area contributed by atoms with Crippen LogP contribution in [0.4, 0.5) is 0 Å².